The topological polar surface area (TPSA) is 64.0 Å². The summed E-state index contributed by atoms with van der Waals surface area (Å²) in [4.78, 5) is 24.8. The van der Waals surface area contributed by atoms with Crippen LogP contribution in [-0.4, -0.2) is 15.7 Å². The van der Waals surface area contributed by atoms with Crippen LogP contribution < -0.4 is 10.9 Å². The van der Waals surface area contributed by atoms with E-state index in [9.17, 15) is 9.59 Å². The Morgan fingerprint density at radius 2 is 1.87 bits per heavy atom. The highest BCUT2D eigenvalue weighted by molar-refractivity contribution is 5.95. The molecule has 0 saturated carbocycles. The van der Waals surface area contributed by atoms with E-state index >= 15 is 0 Å². The summed E-state index contributed by atoms with van der Waals surface area (Å²) in [5.74, 6) is -0.360. The highest BCUT2D eigenvalue weighted by atomic mass is 16.2. The third-order valence-corrected chi connectivity index (χ3v) is 4.19. The first kappa shape index (κ1) is 16.9. The second-order valence-corrected chi connectivity index (χ2v) is 5.80. The molecule has 122 valence electrons. The van der Waals surface area contributed by atoms with Crippen LogP contribution in [0.1, 0.15) is 52.6 Å². The van der Waals surface area contributed by atoms with Crippen LogP contribution in [0.4, 0.5) is 0 Å². The Morgan fingerprint density at radius 3 is 2.43 bits per heavy atom. The van der Waals surface area contributed by atoms with Crippen molar-refractivity contribution < 1.29 is 4.79 Å². The Bertz CT molecular complexity index is 776. The van der Waals surface area contributed by atoms with Gasteiger partial charge in [0.05, 0.1) is 11.7 Å². The van der Waals surface area contributed by atoms with Gasteiger partial charge in [-0.05, 0) is 43.9 Å². The second kappa shape index (κ2) is 6.77. The number of benzene rings is 1. The minimum atomic E-state index is -0.376. The minimum Gasteiger partial charge on any atom is -0.345 e. The van der Waals surface area contributed by atoms with Gasteiger partial charge in [-0.1, -0.05) is 31.2 Å². The maximum atomic E-state index is 12.5. The molecule has 0 aliphatic heterocycles. The van der Waals surface area contributed by atoms with Gasteiger partial charge in [-0.3, -0.25) is 9.59 Å². The summed E-state index contributed by atoms with van der Waals surface area (Å²) in [5, 5.41) is 7.00. The highest BCUT2D eigenvalue weighted by Gasteiger charge is 2.19. The molecule has 1 aromatic heterocycles. The fraction of sp³-hybridized carbons (Fsp3) is 0.389. The Hall–Kier alpha value is -2.43. The molecule has 1 amide bonds. The maximum absolute atomic E-state index is 12.5. The molecule has 1 heterocycles. The molecular formula is C18H23N3O2. The zero-order valence-corrected chi connectivity index (χ0v) is 14.3. The average Bonchev–Trinajstić information content (AvgIpc) is 2.53. The number of amides is 1. The van der Waals surface area contributed by atoms with Gasteiger partial charge < -0.3 is 5.32 Å². The molecule has 2 aromatic rings. The van der Waals surface area contributed by atoms with Gasteiger partial charge in [-0.25, -0.2) is 4.68 Å². The summed E-state index contributed by atoms with van der Waals surface area (Å²) in [6.45, 7) is 7.55. The van der Waals surface area contributed by atoms with Crippen molar-refractivity contribution in [3.05, 3.63) is 62.6 Å². The van der Waals surface area contributed by atoms with Crippen LogP contribution in [-0.2, 0) is 13.5 Å². The summed E-state index contributed by atoms with van der Waals surface area (Å²) < 4.78 is 1.21. The van der Waals surface area contributed by atoms with Crippen LogP contribution in [0.2, 0.25) is 0 Å². The quantitative estimate of drug-likeness (QED) is 0.943. The first-order valence-electron chi connectivity index (χ1n) is 7.79. The lowest BCUT2D eigenvalue weighted by Crippen LogP contribution is -2.36. The number of nitrogens with zero attached hydrogens (tertiary/aromatic N) is 2. The molecule has 0 spiro atoms. The fourth-order valence-electron chi connectivity index (χ4n) is 2.51. The van der Waals surface area contributed by atoms with Gasteiger partial charge in [0.1, 0.15) is 5.56 Å². The molecule has 0 aliphatic rings. The van der Waals surface area contributed by atoms with E-state index in [-0.39, 0.29) is 23.1 Å². The molecule has 0 radical (unpaired) electrons. The molecule has 0 unspecified atom stereocenters. The van der Waals surface area contributed by atoms with E-state index in [1.807, 2.05) is 19.1 Å². The first-order valence-corrected chi connectivity index (χ1v) is 7.79. The van der Waals surface area contributed by atoms with Crippen molar-refractivity contribution in [2.45, 2.75) is 40.2 Å². The van der Waals surface area contributed by atoms with Crippen molar-refractivity contribution in [2.24, 2.45) is 7.05 Å². The number of carbonyl (C=O) groups is 1. The summed E-state index contributed by atoms with van der Waals surface area (Å²) in [6, 6.07) is 7.95. The van der Waals surface area contributed by atoms with Crippen molar-refractivity contribution >= 4 is 5.91 Å². The lowest BCUT2D eigenvalue weighted by Gasteiger charge is -2.16. The molecule has 0 saturated heterocycles. The Morgan fingerprint density at radius 1 is 1.26 bits per heavy atom. The summed E-state index contributed by atoms with van der Waals surface area (Å²) >= 11 is 0. The Kier molecular flexibility index (Phi) is 4.98. The molecule has 0 bridgehead atoms. The number of aryl methyl sites for hydroxylation is 3. The van der Waals surface area contributed by atoms with Crippen LogP contribution in [0.5, 0.6) is 0 Å². The predicted molar refractivity (Wildman–Crippen MR) is 90.7 cm³/mol. The lowest BCUT2D eigenvalue weighted by molar-refractivity contribution is 0.0936. The third kappa shape index (κ3) is 3.50. The summed E-state index contributed by atoms with van der Waals surface area (Å²) in [5.41, 5.74) is 3.35. The van der Waals surface area contributed by atoms with Crippen molar-refractivity contribution in [1.82, 2.24) is 15.1 Å². The lowest BCUT2D eigenvalue weighted by atomic mass is 10.0. The van der Waals surface area contributed by atoms with Crippen LogP contribution in [0.3, 0.4) is 0 Å². The average molecular weight is 313 g/mol. The molecule has 2 rings (SSSR count). The molecule has 0 fully saturated rings. The standard InChI is InChI=1S/C18H23N3O2/c1-6-14-7-9-15(10-8-14)13(4)19-17(22)16-11(2)12(3)20-21(5)18(16)23/h7-10,13H,6H2,1-5H3,(H,19,22)/t13-/m0/s1. The van der Waals surface area contributed by atoms with Crippen LogP contribution >= 0.6 is 0 Å². The maximum Gasteiger partial charge on any atom is 0.279 e. The zero-order chi connectivity index (χ0) is 17.1. The molecule has 1 N–H and O–H groups in total. The monoisotopic (exact) mass is 313 g/mol. The number of rotatable bonds is 4. The highest BCUT2D eigenvalue weighted by Crippen LogP contribution is 2.15. The number of carbonyl (C=O) groups excluding carboxylic acids is 1. The normalized spacial score (nSPS) is 12.0. The van der Waals surface area contributed by atoms with Crippen molar-refractivity contribution in [1.29, 1.82) is 0 Å². The zero-order valence-electron chi connectivity index (χ0n) is 14.3. The van der Waals surface area contributed by atoms with Gasteiger partial charge in [-0.15, -0.1) is 0 Å². The van der Waals surface area contributed by atoms with E-state index in [0.717, 1.165) is 12.0 Å². The molecule has 5 nitrogen and oxygen atoms in total. The number of hydrogen-bond acceptors (Lipinski definition) is 3. The minimum absolute atomic E-state index is 0.164. The van der Waals surface area contributed by atoms with Gasteiger partial charge in [0, 0.05) is 7.05 Å². The number of aromatic nitrogens is 2. The van der Waals surface area contributed by atoms with Gasteiger partial charge >= 0.3 is 0 Å². The molecule has 1 aromatic carbocycles. The van der Waals surface area contributed by atoms with Crippen molar-refractivity contribution in [3.8, 4) is 0 Å². The van der Waals surface area contributed by atoms with Gasteiger partial charge in [0.25, 0.3) is 11.5 Å². The number of hydrogen-bond donors (Lipinski definition) is 1. The molecular weight excluding hydrogens is 290 g/mol. The summed E-state index contributed by atoms with van der Waals surface area (Å²) in [6.07, 6.45) is 0.979. The van der Waals surface area contributed by atoms with Crippen molar-refractivity contribution in [3.63, 3.8) is 0 Å². The Labute approximate surface area is 136 Å². The molecule has 5 heteroatoms. The van der Waals surface area contributed by atoms with E-state index in [0.29, 0.717) is 11.3 Å². The summed E-state index contributed by atoms with van der Waals surface area (Å²) in [7, 11) is 1.55. The van der Waals surface area contributed by atoms with E-state index in [1.54, 1.807) is 20.9 Å². The number of nitrogens with one attached hydrogen (secondary N) is 1. The van der Waals surface area contributed by atoms with Gasteiger partial charge in [-0.2, -0.15) is 5.10 Å². The van der Waals surface area contributed by atoms with E-state index in [4.69, 9.17) is 0 Å². The molecule has 1 atom stereocenters. The van der Waals surface area contributed by atoms with E-state index in [1.165, 1.54) is 10.2 Å². The first-order chi connectivity index (χ1) is 10.8. The fourth-order valence-corrected chi connectivity index (χ4v) is 2.51. The van der Waals surface area contributed by atoms with E-state index in [2.05, 4.69) is 29.5 Å². The van der Waals surface area contributed by atoms with E-state index < -0.39 is 0 Å². The Balaban J connectivity index is 2.26. The molecule has 23 heavy (non-hydrogen) atoms. The molecule has 0 aliphatic carbocycles. The van der Waals surface area contributed by atoms with Crippen LogP contribution in [0.25, 0.3) is 0 Å². The smallest absolute Gasteiger partial charge is 0.279 e. The largest absolute Gasteiger partial charge is 0.345 e. The second-order valence-electron chi connectivity index (χ2n) is 5.80. The van der Waals surface area contributed by atoms with Crippen LogP contribution in [0, 0.1) is 13.8 Å². The third-order valence-electron chi connectivity index (χ3n) is 4.19. The van der Waals surface area contributed by atoms with Gasteiger partial charge in [0.2, 0.25) is 0 Å². The van der Waals surface area contributed by atoms with Gasteiger partial charge in [0.15, 0.2) is 0 Å². The van der Waals surface area contributed by atoms with Crippen LogP contribution in [0.15, 0.2) is 29.1 Å². The SMILES string of the molecule is CCc1ccc([C@H](C)NC(=O)c2c(C)c(C)nn(C)c2=O)cc1. The van der Waals surface area contributed by atoms with Crippen molar-refractivity contribution in [2.75, 3.05) is 0 Å². The predicted octanol–water partition coefficient (Wildman–Crippen LogP) is 2.45.